The quantitative estimate of drug-likeness (QED) is 0.776. The Kier molecular flexibility index (Phi) is 5.59. The van der Waals surface area contributed by atoms with Crippen molar-refractivity contribution < 1.29 is 19.4 Å². The summed E-state index contributed by atoms with van der Waals surface area (Å²) in [4.78, 5) is 13.5. The van der Waals surface area contributed by atoms with Gasteiger partial charge in [-0.1, -0.05) is 6.07 Å². The van der Waals surface area contributed by atoms with E-state index in [0.717, 1.165) is 5.56 Å². The second-order valence-corrected chi connectivity index (χ2v) is 4.16. The summed E-state index contributed by atoms with van der Waals surface area (Å²) >= 11 is 0. The summed E-state index contributed by atoms with van der Waals surface area (Å²) in [5.41, 5.74) is 6.30. The SMILES string of the molecule is COc1cc(CN(C)C(=O)C(CN)OC)ccc1O. The van der Waals surface area contributed by atoms with Gasteiger partial charge in [0.25, 0.3) is 5.91 Å². The minimum absolute atomic E-state index is 0.0666. The lowest BCUT2D eigenvalue weighted by Crippen LogP contribution is -2.41. The molecule has 0 heterocycles. The smallest absolute Gasteiger partial charge is 0.253 e. The first-order chi connectivity index (χ1) is 9.03. The molecule has 0 saturated heterocycles. The van der Waals surface area contributed by atoms with Crippen LogP contribution in [0.15, 0.2) is 18.2 Å². The molecule has 0 fully saturated rings. The summed E-state index contributed by atoms with van der Waals surface area (Å²) < 4.78 is 10.0. The number of phenols is 1. The number of amides is 1. The zero-order valence-corrected chi connectivity index (χ0v) is 11.4. The summed E-state index contributed by atoms with van der Waals surface area (Å²) in [6.45, 7) is 0.522. The molecule has 0 aromatic heterocycles. The van der Waals surface area contributed by atoms with Gasteiger partial charge in [-0.25, -0.2) is 0 Å². The Morgan fingerprint density at radius 1 is 1.47 bits per heavy atom. The summed E-state index contributed by atoms with van der Waals surface area (Å²) in [5.74, 6) is 0.259. The van der Waals surface area contributed by atoms with Gasteiger partial charge in [0.2, 0.25) is 0 Å². The van der Waals surface area contributed by atoms with Crippen molar-refractivity contribution in [3.63, 3.8) is 0 Å². The molecule has 1 unspecified atom stereocenters. The number of benzene rings is 1. The number of ether oxygens (including phenoxy) is 2. The molecular formula is C13H20N2O4. The third-order valence-corrected chi connectivity index (χ3v) is 2.81. The second kappa shape index (κ2) is 6.96. The third-order valence-electron chi connectivity index (χ3n) is 2.81. The number of phenolic OH excluding ortho intramolecular Hbond substituents is 1. The lowest BCUT2D eigenvalue weighted by molar-refractivity contribution is -0.140. The molecule has 1 atom stereocenters. The molecule has 0 radical (unpaired) electrons. The molecule has 0 saturated carbocycles. The fraction of sp³-hybridized carbons (Fsp3) is 0.462. The van der Waals surface area contributed by atoms with Gasteiger partial charge in [-0.15, -0.1) is 0 Å². The predicted octanol–water partition coefficient (Wildman–Crippen LogP) is 0.333. The van der Waals surface area contributed by atoms with Crippen molar-refractivity contribution in [1.29, 1.82) is 0 Å². The average Bonchev–Trinajstić information content (AvgIpc) is 2.42. The maximum Gasteiger partial charge on any atom is 0.253 e. The van der Waals surface area contributed by atoms with Crippen LogP contribution in [0.4, 0.5) is 0 Å². The fourth-order valence-electron chi connectivity index (χ4n) is 1.72. The van der Waals surface area contributed by atoms with Crippen molar-refractivity contribution >= 4 is 5.91 Å². The van der Waals surface area contributed by atoms with Crippen molar-refractivity contribution in [2.75, 3.05) is 27.8 Å². The molecule has 6 nitrogen and oxygen atoms in total. The van der Waals surface area contributed by atoms with E-state index in [1.165, 1.54) is 25.2 Å². The molecule has 0 bridgehead atoms. The van der Waals surface area contributed by atoms with Gasteiger partial charge in [-0.2, -0.15) is 0 Å². The number of nitrogens with zero attached hydrogens (tertiary/aromatic N) is 1. The van der Waals surface area contributed by atoms with Crippen LogP contribution < -0.4 is 10.5 Å². The standard InChI is InChI=1S/C13H20N2O4/c1-15(13(17)12(7-14)19-3)8-9-4-5-10(16)11(6-9)18-2/h4-6,12,16H,7-8,14H2,1-3H3. The molecule has 1 aromatic carbocycles. The summed E-state index contributed by atoms with van der Waals surface area (Å²) in [5, 5.41) is 9.50. The maximum absolute atomic E-state index is 12.0. The van der Waals surface area contributed by atoms with Crippen LogP contribution in [0.25, 0.3) is 0 Å². The summed E-state index contributed by atoms with van der Waals surface area (Å²) in [6, 6.07) is 4.94. The minimum atomic E-state index is -0.635. The topological polar surface area (TPSA) is 85.0 Å². The zero-order valence-electron chi connectivity index (χ0n) is 11.4. The van der Waals surface area contributed by atoms with Gasteiger partial charge in [0, 0.05) is 27.2 Å². The summed E-state index contributed by atoms with van der Waals surface area (Å²) in [7, 11) is 4.60. The number of methoxy groups -OCH3 is 2. The predicted molar refractivity (Wildman–Crippen MR) is 71.0 cm³/mol. The van der Waals surface area contributed by atoms with Crippen LogP contribution >= 0.6 is 0 Å². The first-order valence-electron chi connectivity index (χ1n) is 5.87. The molecule has 19 heavy (non-hydrogen) atoms. The van der Waals surface area contributed by atoms with Gasteiger partial charge >= 0.3 is 0 Å². The number of hydrogen-bond donors (Lipinski definition) is 2. The normalized spacial score (nSPS) is 12.0. The Hall–Kier alpha value is -1.79. The fourth-order valence-corrected chi connectivity index (χ4v) is 1.72. The Balaban J connectivity index is 2.76. The van der Waals surface area contributed by atoms with E-state index in [0.29, 0.717) is 12.3 Å². The van der Waals surface area contributed by atoms with Gasteiger partial charge in [0.15, 0.2) is 11.5 Å². The van der Waals surface area contributed by atoms with Gasteiger partial charge in [0.1, 0.15) is 6.10 Å². The Morgan fingerprint density at radius 3 is 2.68 bits per heavy atom. The van der Waals surface area contributed by atoms with E-state index in [2.05, 4.69) is 0 Å². The zero-order chi connectivity index (χ0) is 14.4. The number of carbonyl (C=O) groups excluding carboxylic acids is 1. The Labute approximate surface area is 112 Å². The number of nitrogens with two attached hydrogens (primary N) is 1. The number of likely N-dealkylation sites (N-methyl/N-ethyl adjacent to an activating group) is 1. The molecule has 0 aliphatic carbocycles. The number of rotatable bonds is 6. The van der Waals surface area contributed by atoms with E-state index < -0.39 is 6.10 Å². The van der Waals surface area contributed by atoms with E-state index in [1.807, 2.05) is 0 Å². The minimum Gasteiger partial charge on any atom is -0.504 e. The highest BCUT2D eigenvalue weighted by Crippen LogP contribution is 2.26. The number of hydrogen-bond acceptors (Lipinski definition) is 5. The van der Waals surface area contributed by atoms with Crippen LogP contribution in [-0.4, -0.2) is 49.8 Å². The van der Waals surface area contributed by atoms with Gasteiger partial charge in [0.05, 0.1) is 7.11 Å². The molecule has 106 valence electrons. The lowest BCUT2D eigenvalue weighted by Gasteiger charge is -2.22. The number of carbonyl (C=O) groups is 1. The Bertz CT molecular complexity index is 433. The van der Waals surface area contributed by atoms with Crippen LogP contribution in [0.3, 0.4) is 0 Å². The highest BCUT2D eigenvalue weighted by Gasteiger charge is 2.20. The van der Waals surface area contributed by atoms with Crippen molar-refractivity contribution in [2.24, 2.45) is 5.73 Å². The van der Waals surface area contributed by atoms with E-state index in [-0.39, 0.29) is 18.2 Å². The first-order valence-corrected chi connectivity index (χ1v) is 5.87. The molecule has 6 heteroatoms. The van der Waals surface area contributed by atoms with E-state index in [4.69, 9.17) is 15.2 Å². The van der Waals surface area contributed by atoms with Crippen LogP contribution in [-0.2, 0) is 16.1 Å². The van der Waals surface area contributed by atoms with Crippen molar-refractivity contribution in [1.82, 2.24) is 4.90 Å². The third kappa shape index (κ3) is 3.84. The number of aromatic hydroxyl groups is 1. The largest absolute Gasteiger partial charge is 0.504 e. The van der Waals surface area contributed by atoms with Crippen LogP contribution in [0.1, 0.15) is 5.56 Å². The molecule has 1 amide bonds. The van der Waals surface area contributed by atoms with Crippen molar-refractivity contribution in [3.8, 4) is 11.5 Å². The highest BCUT2D eigenvalue weighted by molar-refractivity contribution is 5.80. The molecular weight excluding hydrogens is 248 g/mol. The lowest BCUT2D eigenvalue weighted by atomic mass is 10.2. The molecule has 1 aromatic rings. The van der Waals surface area contributed by atoms with E-state index in [1.54, 1.807) is 19.2 Å². The average molecular weight is 268 g/mol. The van der Waals surface area contributed by atoms with E-state index in [9.17, 15) is 9.90 Å². The molecule has 1 rings (SSSR count). The van der Waals surface area contributed by atoms with E-state index >= 15 is 0 Å². The summed E-state index contributed by atoms with van der Waals surface area (Å²) in [6.07, 6.45) is -0.635. The van der Waals surface area contributed by atoms with Crippen LogP contribution in [0, 0.1) is 0 Å². The first kappa shape index (κ1) is 15.3. The van der Waals surface area contributed by atoms with Gasteiger partial charge in [-0.05, 0) is 17.7 Å². The highest BCUT2D eigenvalue weighted by atomic mass is 16.5. The van der Waals surface area contributed by atoms with Gasteiger partial charge < -0.3 is 25.2 Å². The van der Waals surface area contributed by atoms with Crippen LogP contribution in [0.5, 0.6) is 11.5 Å². The van der Waals surface area contributed by atoms with Crippen molar-refractivity contribution in [3.05, 3.63) is 23.8 Å². The van der Waals surface area contributed by atoms with Crippen LogP contribution in [0.2, 0.25) is 0 Å². The molecule has 3 N–H and O–H groups in total. The maximum atomic E-state index is 12.0. The van der Waals surface area contributed by atoms with Gasteiger partial charge in [-0.3, -0.25) is 4.79 Å². The molecule has 0 aliphatic heterocycles. The molecule has 0 aliphatic rings. The van der Waals surface area contributed by atoms with Crippen molar-refractivity contribution in [2.45, 2.75) is 12.6 Å². The second-order valence-electron chi connectivity index (χ2n) is 4.16. The monoisotopic (exact) mass is 268 g/mol. The molecule has 0 spiro atoms. The Morgan fingerprint density at radius 2 is 2.16 bits per heavy atom.